The molecule has 0 atom stereocenters. The van der Waals surface area contributed by atoms with Crippen LogP contribution in [0.25, 0.3) is 10.9 Å². The lowest BCUT2D eigenvalue weighted by Gasteiger charge is -2.09. The van der Waals surface area contributed by atoms with E-state index in [1.54, 1.807) is 12.1 Å². The predicted molar refractivity (Wildman–Crippen MR) is 100.0 cm³/mol. The van der Waals surface area contributed by atoms with Gasteiger partial charge in [0, 0.05) is 22.8 Å². The van der Waals surface area contributed by atoms with Gasteiger partial charge in [0.25, 0.3) is 0 Å². The van der Waals surface area contributed by atoms with Gasteiger partial charge in [-0.25, -0.2) is 14.0 Å². The number of rotatable bonds is 3. The molecule has 0 fully saturated rings. The number of methoxy groups -OCH3 is 1. The van der Waals surface area contributed by atoms with E-state index in [4.69, 9.17) is 11.6 Å². The molecule has 3 rings (SSSR count). The molecule has 2 amide bonds. The van der Waals surface area contributed by atoms with Crippen molar-refractivity contribution in [3.05, 3.63) is 69.2 Å². The van der Waals surface area contributed by atoms with Crippen molar-refractivity contribution in [2.24, 2.45) is 0 Å². The quantitative estimate of drug-likeness (QED) is 0.594. The van der Waals surface area contributed by atoms with Crippen LogP contribution >= 0.6 is 11.6 Å². The first-order valence-electron chi connectivity index (χ1n) is 7.66. The molecule has 1 heterocycles. The highest BCUT2D eigenvalue weighted by atomic mass is 35.5. The summed E-state index contributed by atoms with van der Waals surface area (Å²) < 4.78 is 17.7. The molecule has 0 radical (unpaired) electrons. The van der Waals surface area contributed by atoms with Crippen LogP contribution in [0.2, 0.25) is 5.02 Å². The van der Waals surface area contributed by atoms with E-state index < -0.39 is 23.2 Å². The maximum atomic E-state index is 13.1. The van der Waals surface area contributed by atoms with Gasteiger partial charge in [-0.2, -0.15) is 0 Å². The number of hydrogen-bond donors (Lipinski definition) is 3. The molecule has 0 aliphatic carbocycles. The molecule has 0 saturated carbocycles. The third kappa shape index (κ3) is 4.06. The number of urea groups is 1. The lowest BCUT2D eigenvalue weighted by atomic mass is 10.1. The van der Waals surface area contributed by atoms with Crippen molar-refractivity contribution < 1.29 is 18.7 Å². The van der Waals surface area contributed by atoms with Crippen molar-refractivity contribution in [2.45, 2.75) is 0 Å². The molecular weight excluding hydrogens is 377 g/mol. The molecule has 138 valence electrons. The van der Waals surface area contributed by atoms with Crippen molar-refractivity contribution in [1.29, 1.82) is 0 Å². The van der Waals surface area contributed by atoms with Crippen molar-refractivity contribution in [3.8, 4) is 0 Å². The predicted octanol–water partition coefficient (Wildman–Crippen LogP) is 3.75. The molecule has 0 saturated heterocycles. The lowest BCUT2D eigenvalue weighted by Crippen LogP contribution is -2.19. The number of H-pyrrole nitrogens is 1. The van der Waals surface area contributed by atoms with Crippen molar-refractivity contribution in [1.82, 2.24) is 4.98 Å². The summed E-state index contributed by atoms with van der Waals surface area (Å²) in [4.78, 5) is 38.6. The first kappa shape index (κ1) is 18.4. The van der Waals surface area contributed by atoms with E-state index in [9.17, 15) is 18.8 Å². The van der Waals surface area contributed by atoms with Gasteiger partial charge in [0.1, 0.15) is 11.5 Å². The molecule has 27 heavy (non-hydrogen) atoms. The standard InChI is InChI=1S/C18H13ClFN3O4/c1-27-17(25)15-8-16(24)11-6-9(3-5-14(11)23-15)21-18(26)22-10-2-4-13(20)12(19)7-10/h2-8H,1H3,(H,23,24)(H2,21,22,26). The first-order valence-corrected chi connectivity index (χ1v) is 8.03. The maximum absolute atomic E-state index is 13.1. The normalized spacial score (nSPS) is 10.5. The van der Waals surface area contributed by atoms with E-state index in [0.717, 1.165) is 12.1 Å². The molecule has 0 aliphatic heterocycles. The van der Waals surface area contributed by atoms with Crippen LogP contribution in [0.5, 0.6) is 0 Å². The Morgan fingerprint density at radius 3 is 2.41 bits per heavy atom. The molecule has 1 aromatic heterocycles. The number of amides is 2. The monoisotopic (exact) mass is 389 g/mol. The van der Waals surface area contributed by atoms with Gasteiger partial charge in [0.05, 0.1) is 17.6 Å². The first-order chi connectivity index (χ1) is 12.9. The Bertz CT molecular complexity index is 1110. The molecule has 3 aromatic rings. The highest BCUT2D eigenvalue weighted by Crippen LogP contribution is 2.20. The number of hydrogen-bond acceptors (Lipinski definition) is 4. The van der Waals surface area contributed by atoms with Crippen LogP contribution in [-0.4, -0.2) is 24.1 Å². The summed E-state index contributed by atoms with van der Waals surface area (Å²) in [6, 6.07) is 8.86. The van der Waals surface area contributed by atoms with Crippen molar-refractivity contribution in [2.75, 3.05) is 17.7 Å². The zero-order chi connectivity index (χ0) is 19.6. The Labute approximate surface area is 157 Å². The highest BCUT2D eigenvalue weighted by Gasteiger charge is 2.11. The largest absolute Gasteiger partial charge is 0.464 e. The minimum atomic E-state index is -0.659. The second kappa shape index (κ2) is 7.46. The Balaban J connectivity index is 1.81. The van der Waals surface area contributed by atoms with E-state index >= 15 is 0 Å². The number of halogens is 2. The number of benzene rings is 2. The van der Waals surface area contributed by atoms with Gasteiger partial charge in [-0.3, -0.25) is 4.79 Å². The Morgan fingerprint density at radius 1 is 1.07 bits per heavy atom. The minimum Gasteiger partial charge on any atom is -0.464 e. The average Bonchev–Trinajstić information content (AvgIpc) is 2.64. The summed E-state index contributed by atoms with van der Waals surface area (Å²) in [5.41, 5.74) is 0.698. The average molecular weight is 390 g/mol. The number of pyridine rings is 1. The van der Waals surface area contributed by atoms with E-state index in [0.29, 0.717) is 16.9 Å². The van der Waals surface area contributed by atoms with E-state index in [2.05, 4.69) is 20.4 Å². The van der Waals surface area contributed by atoms with Crippen LogP contribution in [0.4, 0.5) is 20.6 Å². The summed E-state index contributed by atoms with van der Waals surface area (Å²) in [5.74, 6) is -1.25. The fourth-order valence-corrected chi connectivity index (χ4v) is 2.59. The number of nitrogens with one attached hydrogen (secondary N) is 3. The highest BCUT2D eigenvalue weighted by molar-refractivity contribution is 6.31. The van der Waals surface area contributed by atoms with E-state index in [-0.39, 0.29) is 16.1 Å². The molecule has 3 N–H and O–H groups in total. The third-order valence-corrected chi connectivity index (χ3v) is 3.96. The lowest BCUT2D eigenvalue weighted by molar-refractivity contribution is 0.0594. The number of fused-ring (bicyclic) bond motifs is 1. The van der Waals surface area contributed by atoms with E-state index in [1.807, 2.05) is 0 Å². The summed E-state index contributed by atoms with van der Waals surface area (Å²) in [6.07, 6.45) is 0. The van der Waals surface area contributed by atoms with Gasteiger partial charge in [0.15, 0.2) is 5.43 Å². The smallest absolute Gasteiger partial charge is 0.354 e. The number of anilines is 2. The summed E-state index contributed by atoms with van der Waals surface area (Å²) in [6.45, 7) is 0. The Kier molecular flexibility index (Phi) is 5.09. The van der Waals surface area contributed by atoms with Crippen LogP contribution in [0.1, 0.15) is 10.5 Å². The zero-order valence-corrected chi connectivity index (χ0v) is 14.7. The summed E-state index contributed by atoms with van der Waals surface area (Å²) >= 11 is 5.67. The van der Waals surface area contributed by atoms with Crippen LogP contribution in [0.15, 0.2) is 47.3 Å². The van der Waals surface area contributed by atoms with Crippen LogP contribution in [-0.2, 0) is 4.74 Å². The molecule has 7 nitrogen and oxygen atoms in total. The van der Waals surface area contributed by atoms with Gasteiger partial charge in [0.2, 0.25) is 0 Å². The van der Waals surface area contributed by atoms with Gasteiger partial charge in [-0.05, 0) is 36.4 Å². The Hall–Kier alpha value is -3.39. The minimum absolute atomic E-state index is 0.0293. The number of carbonyl (C=O) groups is 2. The van der Waals surface area contributed by atoms with E-state index in [1.165, 1.54) is 25.3 Å². The molecule has 9 heteroatoms. The molecule has 0 bridgehead atoms. The fraction of sp³-hybridized carbons (Fsp3) is 0.0556. The Morgan fingerprint density at radius 2 is 1.74 bits per heavy atom. The fourth-order valence-electron chi connectivity index (χ4n) is 2.41. The number of aromatic nitrogens is 1. The molecule has 0 spiro atoms. The van der Waals surface area contributed by atoms with Gasteiger partial charge < -0.3 is 20.4 Å². The third-order valence-electron chi connectivity index (χ3n) is 3.67. The number of esters is 1. The summed E-state index contributed by atoms with van der Waals surface area (Å²) in [5, 5.41) is 5.23. The molecular formula is C18H13ClFN3O4. The molecule has 2 aromatic carbocycles. The van der Waals surface area contributed by atoms with Crippen LogP contribution in [0.3, 0.4) is 0 Å². The molecule has 0 aliphatic rings. The maximum Gasteiger partial charge on any atom is 0.354 e. The zero-order valence-electron chi connectivity index (χ0n) is 13.9. The number of carbonyl (C=O) groups excluding carboxylic acids is 2. The SMILES string of the molecule is COC(=O)c1cc(=O)c2cc(NC(=O)Nc3ccc(F)c(Cl)c3)ccc2[nH]1. The topological polar surface area (TPSA) is 100 Å². The number of aromatic amines is 1. The van der Waals surface area contributed by atoms with Crippen LogP contribution < -0.4 is 16.1 Å². The molecule has 0 unspecified atom stereocenters. The van der Waals surface area contributed by atoms with Gasteiger partial charge in [-0.15, -0.1) is 0 Å². The second-order valence-corrected chi connectivity index (χ2v) is 5.91. The number of ether oxygens (including phenoxy) is 1. The van der Waals surface area contributed by atoms with Gasteiger partial charge >= 0.3 is 12.0 Å². The summed E-state index contributed by atoms with van der Waals surface area (Å²) in [7, 11) is 1.21. The van der Waals surface area contributed by atoms with Crippen LogP contribution in [0, 0.1) is 5.82 Å². The van der Waals surface area contributed by atoms with Gasteiger partial charge in [-0.1, -0.05) is 11.6 Å². The van der Waals surface area contributed by atoms with Crippen molar-refractivity contribution >= 4 is 45.9 Å². The second-order valence-electron chi connectivity index (χ2n) is 5.51. The van der Waals surface area contributed by atoms with Crippen molar-refractivity contribution in [3.63, 3.8) is 0 Å².